The highest BCUT2D eigenvalue weighted by Gasteiger charge is 2.35. The maximum Gasteiger partial charge on any atom is 0.143 e. The van der Waals surface area contributed by atoms with E-state index in [0.29, 0.717) is 19.6 Å². The number of alkyl halides is 1. The first-order valence-electron chi connectivity index (χ1n) is 14.3. The van der Waals surface area contributed by atoms with Crippen molar-refractivity contribution < 1.29 is 23.4 Å². The van der Waals surface area contributed by atoms with Crippen molar-refractivity contribution >= 4 is 5.82 Å². The summed E-state index contributed by atoms with van der Waals surface area (Å²) in [6.07, 6.45) is 7.10. The fourth-order valence-electron chi connectivity index (χ4n) is 6.29. The third kappa shape index (κ3) is 6.71. The number of hydrogen-bond acceptors (Lipinski definition) is 6. The molecular weight excluding hydrogens is 488 g/mol. The summed E-state index contributed by atoms with van der Waals surface area (Å²) in [5.41, 5.74) is 4.16. The van der Waals surface area contributed by atoms with Gasteiger partial charge in [-0.25, -0.2) is 13.8 Å². The third-order valence-corrected chi connectivity index (χ3v) is 8.37. The number of nitrogens with one attached hydrogen (secondary N) is 1. The number of unbranched alkanes of at least 4 members (excludes halogenated alkanes) is 1. The number of hydrogen-bond donors (Lipinski definition) is 2. The minimum atomic E-state index is -0.872. The predicted octanol–water partition coefficient (Wildman–Crippen LogP) is 5.51. The molecule has 4 heterocycles. The lowest BCUT2D eigenvalue weighted by atomic mass is 9.94. The van der Waals surface area contributed by atoms with E-state index in [2.05, 4.69) is 22.3 Å². The summed E-state index contributed by atoms with van der Waals surface area (Å²) in [6.45, 7) is 2.82. The second-order valence-electron chi connectivity index (χ2n) is 10.9. The summed E-state index contributed by atoms with van der Waals surface area (Å²) in [5, 5.41) is 12.7. The summed E-state index contributed by atoms with van der Waals surface area (Å²) in [5.74, 6) is 0.653. The third-order valence-electron chi connectivity index (χ3n) is 8.37. The Hall–Kier alpha value is -2.13. The number of aliphatic hydroxyl groups excluding tert-OH is 1. The van der Waals surface area contributed by atoms with Crippen molar-refractivity contribution in [3.63, 3.8) is 0 Å². The fourth-order valence-corrected chi connectivity index (χ4v) is 6.29. The number of anilines is 1. The van der Waals surface area contributed by atoms with E-state index in [-0.39, 0.29) is 30.5 Å². The number of benzene rings is 1. The molecule has 1 aromatic carbocycles. The van der Waals surface area contributed by atoms with Crippen LogP contribution in [0.3, 0.4) is 0 Å². The second-order valence-corrected chi connectivity index (χ2v) is 10.9. The number of aromatic nitrogens is 1. The first-order valence-corrected chi connectivity index (χ1v) is 14.3. The molecule has 4 atom stereocenters. The van der Waals surface area contributed by atoms with Crippen LogP contribution in [0.15, 0.2) is 30.3 Å². The standard InChI is InChI=1S/C30H41F2N3O3/c31-23-10-12-25(29-8-4-16-38-29)26(17-23)28(19-37-20-36)35-15-13-22(18-35)27(32)7-2-1-6-24-11-9-21-5-3-14-33-30(21)34-24/h9-12,17,22,27-29,36H,1-8,13-16,18-20H2,(H,33,34)/t22-,27?,28+,29-/m1/s1. The highest BCUT2D eigenvalue weighted by atomic mass is 19.1. The predicted molar refractivity (Wildman–Crippen MR) is 143 cm³/mol. The first kappa shape index (κ1) is 27.4. The molecule has 38 heavy (non-hydrogen) atoms. The number of ether oxygens (including phenoxy) is 2. The Labute approximate surface area is 224 Å². The molecule has 0 spiro atoms. The van der Waals surface area contributed by atoms with E-state index in [4.69, 9.17) is 14.5 Å². The molecule has 0 amide bonds. The largest absolute Gasteiger partial charge is 0.374 e. The second kappa shape index (κ2) is 13.3. The Kier molecular flexibility index (Phi) is 9.59. The number of pyridine rings is 1. The van der Waals surface area contributed by atoms with Crippen LogP contribution in [0.5, 0.6) is 0 Å². The topological polar surface area (TPSA) is 66.8 Å². The van der Waals surface area contributed by atoms with Crippen molar-refractivity contribution in [3.05, 3.63) is 58.5 Å². The van der Waals surface area contributed by atoms with Crippen LogP contribution in [0.1, 0.15) is 79.5 Å². The van der Waals surface area contributed by atoms with E-state index in [1.807, 2.05) is 6.07 Å². The minimum absolute atomic E-state index is 0.0579. The Morgan fingerprint density at radius 2 is 2.11 bits per heavy atom. The van der Waals surface area contributed by atoms with Gasteiger partial charge in [0, 0.05) is 31.3 Å². The summed E-state index contributed by atoms with van der Waals surface area (Å²) < 4.78 is 41.0. The van der Waals surface area contributed by atoms with Crippen LogP contribution in [0.25, 0.3) is 0 Å². The molecule has 5 rings (SSSR count). The molecule has 208 valence electrons. The lowest BCUT2D eigenvalue weighted by Gasteiger charge is -2.31. The van der Waals surface area contributed by atoms with Gasteiger partial charge < -0.3 is 19.9 Å². The van der Waals surface area contributed by atoms with Crippen LogP contribution in [0.2, 0.25) is 0 Å². The van der Waals surface area contributed by atoms with Crippen molar-refractivity contribution in [2.45, 2.75) is 76.1 Å². The molecule has 0 saturated carbocycles. The Morgan fingerprint density at radius 3 is 2.95 bits per heavy atom. The van der Waals surface area contributed by atoms with Gasteiger partial charge >= 0.3 is 0 Å². The van der Waals surface area contributed by atoms with E-state index in [1.165, 1.54) is 11.6 Å². The number of aliphatic hydroxyl groups is 1. The molecule has 1 aromatic heterocycles. The Bertz CT molecular complexity index is 1050. The monoisotopic (exact) mass is 529 g/mol. The van der Waals surface area contributed by atoms with Crippen molar-refractivity contribution in [2.75, 3.05) is 45.0 Å². The molecule has 3 aliphatic heterocycles. The summed E-state index contributed by atoms with van der Waals surface area (Å²) in [6, 6.07) is 8.88. The molecule has 0 bridgehead atoms. The van der Waals surface area contributed by atoms with Crippen molar-refractivity contribution in [1.29, 1.82) is 0 Å². The lowest BCUT2D eigenvalue weighted by Crippen LogP contribution is -2.32. The molecule has 6 nitrogen and oxygen atoms in total. The molecule has 2 fully saturated rings. The van der Waals surface area contributed by atoms with Gasteiger partial charge in [-0.3, -0.25) is 4.90 Å². The van der Waals surface area contributed by atoms with Crippen molar-refractivity contribution in [3.8, 4) is 0 Å². The van der Waals surface area contributed by atoms with Crippen LogP contribution < -0.4 is 5.32 Å². The normalized spacial score (nSPS) is 23.2. The molecule has 2 N–H and O–H groups in total. The molecular formula is C30H41F2N3O3. The quantitative estimate of drug-likeness (QED) is 0.279. The minimum Gasteiger partial charge on any atom is -0.374 e. The number of rotatable bonds is 12. The highest BCUT2D eigenvalue weighted by molar-refractivity contribution is 5.47. The van der Waals surface area contributed by atoms with Crippen LogP contribution >= 0.6 is 0 Å². The highest BCUT2D eigenvalue weighted by Crippen LogP contribution is 2.38. The summed E-state index contributed by atoms with van der Waals surface area (Å²) in [4.78, 5) is 6.95. The number of halogens is 2. The zero-order valence-corrected chi connectivity index (χ0v) is 22.2. The molecule has 0 aliphatic carbocycles. The van der Waals surface area contributed by atoms with Gasteiger partial charge in [0.05, 0.1) is 18.8 Å². The van der Waals surface area contributed by atoms with Crippen LogP contribution in [-0.2, 0) is 22.3 Å². The van der Waals surface area contributed by atoms with Crippen LogP contribution in [-0.4, -0.2) is 60.8 Å². The molecule has 0 radical (unpaired) electrons. The van der Waals surface area contributed by atoms with Crippen LogP contribution in [0.4, 0.5) is 14.6 Å². The summed E-state index contributed by atoms with van der Waals surface area (Å²) >= 11 is 0. The summed E-state index contributed by atoms with van der Waals surface area (Å²) in [7, 11) is 0. The Balaban J connectivity index is 1.16. The van der Waals surface area contributed by atoms with Gasteiger partial charge in [0.15, 0.2) is 0 Å². The number of aryl methyl sites for hydroxylation is 2. The average molecular weight is 530 g/mol. The zero-order chi connectivity index (χ0) is 26.3. The maximum atomic E-state index is 15.3. The average Bonchev–Trinajstić information content (AvgIpc) is 3.65. The lowest BCUT2D eigenvalue weighted by molar-refractivity contribution is -0.0283. The fraction of sp³-hybridized carbons (Fsp3) is 0.633. The van der Waals surface area contributed by atoms with Gasteiger partial charge in [0.2, 0.25) is 0 Å². The van der Waals surface area contributed by atoms with Crippen molar-refractivity contribution in [1.82, 2.24) is 9.88 Å². The van der Waals surface area contributed by atoms with Gasteiger partial charge in [0.25, 0.3) is 0 Å². The maximum absolute atomic E-state index is 15.3. The van der Waals surface area contributed by atoms with Crippen LogP contribution in [0, 0.1) is 11.7 Å². The molecule has 3 aliphatic rings. The SMILES string of the molecule is OCOC[C@@H](c1cc(F)ccc1[C@H]1CCCO1)N1CC[C@@H](C(F)CCCCc2ccc3c(n2)NCCC3)C1. The first-order chi connectivity index (χ1) is 18.6. The smallest absolute Gasteiger partial charge is 0.143 e. The Morgan fingerprint density at radius 1 is 1.18 bits per heavy atom. The van der Waals surface area contributed by atoms with Crippen molar-refractivity contribution in [2.24, 2.45) is 5.92 Å². The van der Waals surface area contributed by atoms with E-state index < -0.39 is 13.0 Å². The van der Waals surface area contributed by atoms with Gasteiger partial charge in [-0.2, -0.15) is 0 Å². The number of fused-ring (bicyclic) bond motifs is 1. The van der Waals surface area contributed by atoms with E-state index >= 15 is 4.39 Å². The van der Waals surface area contributed by atoms with Gasteiger partial charge in [-0.05, 0) is 92.8 Å². The molecule has 8 heteroatoms. The van der Waals surface area contributed by atoms with Gasteiger partial charge in [0.1, 0.15) is 24.6 Å². The molecule has 2 saturated heterocycles. The van der Waals surface area contributed by atoms with Gasteiger partial charge in [-0.1, -0.05) is 18.6 Å². The number of nitrogens with zero attached hydrogens (tertiary/aromatic N) is 2. The molecule has 2 aromatic rings. The zero-order valence-electron chi connectivity index (χ0n) is 22.2. The van der Waals surface area contributed by atoms with E-state index in [1.54, 1.807) is 6.07 Å². The molecule has 1 unspecified atom stereocenters. The van der Waals surface area contributed by atoms with Gasteiger partial charge in [-0.15, -0.1) is 0 Å². The van der Waals surface area contributed by atoms with E-state index in [9.17, 15) is 9.50 Å². The van der Waals surface area contributed by atoms with E-state index in [0.717, 1.165) is 87.1 Å². The number of likely N-dealkylation sites (tertiary alicyclic amines) is 1.